The highest BCUT2D eigenvalue weighted by atomic mass is 16.5. The Morgan fingerprint density at radius 3 is 2.94 bits per heavy atom. The number of methoxy groups -OCH3 is 1. The molecule has 1 fully saturated rings. The maximum atomic E-state index is 11.5. The second-order valence-electron chi connectivity index (χ2n) is 4.28. The van der Waals surface area contributed by atoms with Gasteiger partial charge in [0, 0.05) is 31.0 Å². The molecule has 0 amide bonds. The van der Waals surface area contributed by atoms with Crippen LogP contribution in [0.1, 0.15) is 25.7 Å². The van der Waals surface area contributed by atoms with Crippen molar-refractivity contribution >= 4 is 5.78 Å². The number of ketones is 1. The summed E-state index contributed by atoms with van der Waals surface area (Å²) >= 11 is 0. The number of hydrogen-bond acceptors (Lipinski definition) is 4. The predicted molar refractivity (Wildman–Crippen MR) is 62.0 cm³/mol. The molecule has 1 unspecified atom stereocenters. The van der Waals surface area contributed by atoms with Crippen molar-refractivity contribution in [2.24, 2.45) is 5.92 Å². The van der Waals surface area contributed by atoms with Crippen LogP contribution in [-0.4, -0.2) is 22.7 Å². The van der Waals surface area contributed by atoms with Crippen LogP contribution in [0.4, 0.5) is 0 Å². The maximum absolute atomic E-state index is 11.5. The van der Waals surface area contributed by atoms with E-state index in [9.17, 15) is 9.59 Å². The molecule has 0 aromatic carbocycles. The van der Waals surface area contributed by atoms with Crippen molar-refractivity contribution in [3.05, 3.63) is 22.5 Å². The van der Waals surface area contributed by atoms with Gasteiger partial charge in [-0.05, 0) is 19.3 Å². The highest BCUT2D eigenvalue weighted by molar-refractivity contribution is 5.82. The fourth-order valence-electron chi connectivity index (χ4n) is 2.17. The van der Waals surface area contributed by atoms with Crippen molar-refractivity contribution < 1.29 is 9.53 Å². The van der Waals surface area contributed by atoms with Gasteiger partial charge >= 0.3 is 0 Å². The Morgan fingerprint density at radius 1 is 1.47 bits per heavy atom. The molecule has 0 saturated heterocycles. The number of hydrogen-bond donors (Lipinski definition) is 0. The zero-order chi connectivity index (χ0) is 12.3. The number of aryl methyl sites for hydroxylation is 1. The monoisotopic (exact) mass is 236 g/mol. The second-order valence-corrected chi connectivity index (χ2v) is 4.28. The van der Waals surface area contributed by atoms with Crippen molar-refractivity contribution in [3.63, 3.8) is 0 Å². The molecule has 1 aliphatic rings. The van der Waals surface area contributed by atoms with E-state index in [0.717, 1.165) is 12.8 Å². The first kappa shape index (κ1) is 11.8. The summed E-state index contributed by atoms with van der Waals surface area (Å²) in [5.74, 6) is 0.846. The first-order chi connectivity index (χ1) is 8.20. The lowest BCUT2D eigenvalue weighted by atomic mass is 10.0. The molecule has 92 valence electrons. The van der Waals surface area contributed by atoms with Crippen LogP contribution in [0.15, 0.2) is 16.9 Å². The van der Waals surface area contributed by atoms with E-state index in [1.807, 2.05) is 0 Å². The van der Waals surface area contributed by atoms with Crippen LogP contribution >= 0.6 is 0 Å². The number of Topliss-reactive ketones (excluding diaryl/α,β-unsaturated/α-hetero) is 1. The molecule has 1 atom stereocenters. The van der Waals surface area contributed by atoms with Crippen LogP contribution in [0.5, 0.6) is 5.88 Å². The largest absolute Gasteiger partial charge is 0.480 e. The molecular formula is C12H16N2O3. The lowest BCUT2D eigenvalue weighted by Gasteiger charge is -2.09. The molecule has 17 heavy (non-hydrogen) atoms. The van der Waals surface area contributed by atoms with Gasteiger partial charge in [0.15, 0.2) is 0 Å². The van der Waals surface area contributed by atoms with E-state index in [4.69, 9.17) is 4.74 Å². The van der Waals surface area contributed by atoms with Gasteiger partial charge in [0.2, 0.25) is 5.88 Å². The van der Waals surface area contributed by atoms with Gasteiger partial charge < -0.3 is 4.74 Å². The number of aromatic nitrogens is 2. The molecule has 5 heteroatoms. The topological polar surface area (TPSA) is 61.2 Å². The minimum absolute atomic E-state index is 0.106. The standard InChI is InChI=1S/C12H16N2O3/c1-17-11-5-6-12(16)14(13-11)8-7-9-3-2-4-10(9)15/h5-6,9H,2-4,7-8H2,1H3. The summed E-state index contributed by atoms with van der Waals surface area (Å²) in [6.07, 6.45) is 3.30. The van der Waals surface area contributed by atoms with Crippen LogP contribution < -0.4 is 10.3 Å². The number of ether oxygens (including phenoxy) is 1. The van der Waals surface area contributed by atoms with E-state index in [1.165, 1.54) is 17.9 Å². The van der Waals surface area contributed by atoms with Gasteiger partial charge in [-0.25, -0.2) is 4.68 Å². The lowest BCUT2D eigenvalue weighted by Crippen LogP contribution is -2.24. The Morgan fingerprint density at radius 2 is 2.29 bits per heavy atom. The minimum atomic E-state index is -0.156. The maximum Gasteiger partial charge on any atom is 0.266 e. The van der Waals surface area contributed by atoms with Crippen LogP contribution in [0.25, 0.3) is 0 Å². The van der Waals surface area contributed by atoms with Crippen molar-refractivity contribution in [2.75, 3.05) is 7.11 Å². The molecule has 0 bridgehead atoms. The third-order valence-electron chi connectivity index (χ3n) is 3.17. The highest BCUT2D eigenvalue weighted by Gasteiger charge is 2.24. The van der Waals surface area contributed by atoms with Crippen LogP contribution in [0, 0.1) is 5.92 Å². The molecule has 0 aliphatic heterocycles. The number of carbonyl (C=O) groups is 1. The average Bonchev–Trinajstić information content (AvgIpc) is 2.74. The zero-order valence-corrected chi connectivity index (χ0v) is 9.89. The molecule has 0 spiro atoms. The summed E-state index contributed by atoms with van der Waals surface area (Å²) in [5.41, 5.74) is -0.156. The third kappa shape index (κ3) is 2.72. The molecule has 1 aliphatic carbocycles. The van der Waals surface area contributed by atoms with Crippen molar-refractivity contribution in [2.45, 2.75) is 32.2 Å². The summed E-state index contributed by atoms with van der Waals surface area (Å²) < 4.78 is 6.33. The molecule has 1 saturated carbocycles. The van der Waals surface area contributed by atoms with E-state index < -0.39 is 0 Å². The van der Waals surface area contributed by atoms with Crippen molar-refractivity contribution in [3.8, 4) is 5.88 Å². The molecular weight excluding hydrogens is 220 g/mol. The summed E-state index contributed by atoms with van der Waals surface area (Å²) in [5, 5.41) is 4.05. The quantitative estimate of drug-likeness (QED) is 0.782. The molecule has 0 N–H and O–H groups in total. The van der Waals surface area contributed by atoms with Crippen LogP contribution in [0.3, 0.4) is 0 Å². The average molecular weight is 236 g/mol. The van der Waals surface area contributed by atoms with Gasteiger partial charge in [0.25, 0.3) is 5.56 Å². The summed E-state index contributed by atoms with van der Waals surface area (Å²) in [4.78, 5) is 23.0. The van der Waals surface area contributed by atoms with Gasteiger partial charge in [-0.1, -0.05) is 0 Å². The van der Waals surface area contributed by atoms with Gasteiger partial charge in [0.05, 0.1) is 7.11 Å². The van der Waals surface area contributed by atoms with Crippen LogP contribution in [0.2, 0.25) is 0 Å². The predicted octanol–water partition coefficient (Wildman–Crippen LogP) is 1.01. The van der Waals surface area contributed by atoms with Gasteiger partial charge in [-0.3, -0.25) is 9.59 Å². The fourth-order valence-corrected chi connectivity index (χ4v) is 2.17. The minimum Gasteiger partial charge on any atom is -0.480 e. The summed E-state index contributed by atoms with van der Waals surface area (Å²) in [7, 11) is 1.51. The molecule has 1 aromatic heterocycles. The smallest absolute Gasteiger partial charge is 0.266 e. The van der Waals surface area contributed by atoms with E-state index >= 15 is 0 Å². The third-order valence-corrected chi connectivity index (χ3v) is 3.17. The van der Waals surface area contributed by atoms with E-state index in [2.05, 4.69) is 5.10 Å². The van der Waals surface area contributed by atoms with E-state index in [0.29, 0.717) is 31.0 Å². The fraction of sp³-hybridized carbons (Fsp3) is 0.583. The number of rotatable bonds is 4. The van der Waals surface area contributed by atoms with E-state index in [1.54, 1.807) is 6.07 Å². The van der Waals surface area contributed by atoms with Crippen LogP contribution in [-0.2, 0) is 11.3 Å². The normalized spacial score (nSPS) is 19.6. The molecule has 0 radical (unpaired) electrons. The highest BCUT2D eigenvalue weighted by Crippen LogP contribution is 2.24. The molecule has 5 nitrogen and oxygen atoms in total. The summed E-state index contributed by atoms with van der Waals surface area (Å²) in [6, 6.07) is 2.97. The zero-order valence-electron chi connectivity index (χ0n) is 9.89. The Balaban J connectivity index is 2.03. The molecule has 2 rings (SSSR count). The van der Waals surface area contributed by atoms with Gasteiger partial charge in [0.1, 0.15) is 5.78 Å². The molecule has 1 heterocycles. The lowest BCUT2D eigenvalue weighted by molar-refractivity contribution is -0.120. The Kier molecular flexibility index (Phi) is 3.56. The Bertz CT molecular complexity index is 467. The summed E-state index contributed by atoms with van der Waals surface area (Å²) in [6.45, 7) is 0.479. The SMILES string of the molecule is COc1ccc(=O)n(CCC2CCCC2=O)n1. The van der Waals surface area contributed by atoms with Gasteiger partial charge in [-0.15, -0.1) is 5.10 Å². The number of nitrogens with zero attached hydrogens (tertiary/aromatic N) is 2. The van der Waals surface area contributed by atoms with Crippen molar-refractivity contribution in [1.82, 2.24) is 9.78 Å². The second kappa shape index (κ2) is 5.12. The Hall–Kier alpha value is -1.65. The first-order valence-electron chi connectivity index (χ1n) is 5.85. The van der Waals surface area contributed by atoms with Gasteiger partial charge in [-0.2, -0.15) is 0 Å². The Labute approximate surface area is 99.4 Å². The number of carbonyl (C=O) groups excluding carboxylic acids is 1. The first-order valence-corrected chi connectivity index (χ1v) is 5.85. The van der Waals surface area contributed by atoms with E-state index in [-0.39, 0.29) is 11.5 Å². The molecule has 1 aromatic rings. The van der Waals surface area contributed by atoms with Crippen molar-refractivity contribution in [1.29, 1.82) is 0 Å².